The molecule has 0 aliphatic carbocycles. The second kappa shape index (κ2) is 9.97. The number of hydrogen-bond acceptors (Lipinski definition) is 2. The molecule has 24 heavy (non-hydrogen) atoms. The highest BCUT2D eigenvalue weighted by atomic mass is 127. The summed E-state index contributed by atoms with van der Waals surface area (Å²) in [4.78, 5) is 0. The summed E-state index contributed by atoms with van der Waals surface area (Å²) in [6.07, 6.45) is 10.9. The average Bonchev–Trinajstić information content (AvgIpc) is 2.85. The van der Waals surface area contributed by atoms with Gasteiger partial charge in [-0.1, -0.05) is 51.9 Å². The minimum Gasteiger partial charge on any atom is -0.494 e. The number of hydrogen-bond donors (Lipinski definition) is 2. The van der Waals surface area contributed by atoms with E-state index in [2.05, 4.69) is 29.5 Å². The molecule has 0 bridgehead atoms. The molecule has 0 atom stereocenters. The standard InChI is InChI=1S/C20H28INO2/c1-2-3-4-5-6-7-8-9-10-16-15-19(23)22(20(16)24)18-13-11-17(21)12-14-18/h11-15,23-24H,2-10H2,1H3. The molecular weight excluding hydrogens is 413 g/mol. The minimum atomic E-state index is 0.100. The van der Waals surface area contributed by atoms with Crippen LogP contribution in [-0.4, -0.2) is 14.8 Å². The number of aryl methyl sites for hydroxylation is 1. The summed E-state index contributed by atoms with van der Waals surface area (Å²) < 4.78 is 2.64. The second-order valence-corrected chi connectivity index (χ2v) is 7.63. The Balaban J connectivity index is 1.84. The van der Waals surface area contributed by atoms with E-state index in [1.54, 1.807) is 6.07 Å². The molecule has 132 valence electrons. The van der Waals surface area contributed by atoms with Crippen molar-refractivity contribution in [1.82, 2.24) is 4.57 Å². The van der Waals surface area contributed by atoms with Gasteiger partial charge in [0.15, 0.2) is 5.88 Å². The fourth-order valence-corrected chi connectivity index (χ4v) is 3.37. The van der Waals surface area contributed by atoms with Crippen molar-refractivity contribution >= 4 is 22.6 Å². The van der Waals surface area contributed by atoms with Gasteiger partial charge in [0.2, 0.25) is 5.88 Å². The first-order valence-electron chi connectivity index (χ1n) is 9.02. The van der Waals surface area contributed by atoms with Crippen molar-refractivity contribution in [1.29, 1.82) is 0 Å². The number of unbranched alkanes of at least 4 members (excludes halogenated alkanes) is 7. The highest BCUT2D eigenvalue weighted by molar-refractivity contribution is 14.1. The van der Waals surface area contributed by atoms with Gasteiger partial charge in [-0.05, 0) is 59.7 Å². The van der Waals surface area contributed by atoms with Crippen LogP contribution in [0.25, 0.3) is 5.69 Å². The predicted molar refractivity (Wildman–Crippen MR) is 108 cm³/mol. The Hall–Kier alpha value is -1.17. The molecule has 4 heteroatoms. The highest BCUT2D eigenvalue weighted by Crippen LogP contribution is 2.32. The van der Waals surface area contributed by atoms with E-state index in [9.17, 15) is 10.2 Å². The van der Waals surface area contributed by atoms with Crippen molar-refractivity contribution in [3.8, 4) is 17.4 Å². The van der Waals surface area contributed by atoms with E-state index >= 15 is 0 Å². The quantitative estimate of drug-likeness (QED) is 0.342. The Morgan fingerprint density at radius 1 is 0.875 bits per heavy atom. The van der Waals surface area contributed by atoms with E-state index in [1.807, 2.05) is 24.3 Å². The van der Waals surface area contributed by atoms with Gasteiger partial charge in [-0.25, -0.2) is 0 Å². The number of rotatable bonds is 10. The number of benzene rings is 1. The summed E-state index contributed by atoms with van der Waals surface area (Å²) in [5.41, 5.74) is 1.62. The molecule has 3 nitrogen and oxygen atoms in total. The molecule has 0 amide bonds. The Morgan fingerprint density at radius 2 is 1.46 bits per heavy atom. The van der Waals surface area contributed by atoms with Gasteiger partial charge in [0, 0.05) is 15.2 Å². The summed E-state index contributed by atoms with van der Waals surface area (Å²) in [6, 6.07) is 9.43. The van der Waals surface area contributed by atoms with E-state index in [1.165, 1.54) is 49.5 Å². The average molecular weight is 441 g/mol. The fourth-order valence-electron chi connectivity index (χ4n) is 3.02. The van der Waals surface area contributed by atoms with E-state index in [0.717, 1.165) is 27.7 Å². The first-order chi connectivity index (χ1) is 11.6. The van der Waals surface area contributed by atoms with Gasteiger partial charge in [-0.2, -0.15) is 0 Å². The van der Waals surface area contributed by atoms with E-state index in [-0.39, 0.29) is 11.8 Å². The van der Waals surface area contributed by atoms with Gasteiger partial charge in [-0.3, -0.25) is 4.57 Å². The van der Waals surface area contributed by atoms with Gasteiger partial charge in [-0.15, -0.1) is 0 Å². The predicted octanol–water partition coefficient (Wildman–Crippen LogP) is 6.18. The van der Waals surface area contributed by atoms with E-state index in [4.69, 9.17) is 0 Å². The molecule has 2 N–H and O–H groups in total. The maximum atomic E-state index is 10.4. The molecule has 0 radical (unpaired) electrons. The molecule has 2 aromatic rings. The molecule has 0 aliphatic heterocycles. The van der Waals surface area contributed by atoms with Crippen molar-refractivity contribution < 1.29 is 10.2 Å². The lowest BCUT2D eigenvalue weighted by Gasteiger charge is -2.07. The Kier molecular flexibility index (Phi) is 7.95. The van der Waals surface area contributed by atoms with Crippen LogP contribution >= 0.6 is 22.6 Å². The molecule has 0 spiro atoms. The zero-order valence-corrected chi connectivity index (χ0v) is 16.6. The van der Waals surface area contributed by atoms with Crippen LogP contribution < -0.4 is 0 Å². The summed E-state index contributed by atoms with van der Waals surface area (Å²) >= 11 is 2.24. The van der Waals surface area contributed by atoms with Gasteiger partial charge < -0.3 is 10.2 Å². The molecule has 0 fully saturated rings. The molecule has 0 unspecified atom stereocenters. The molecule has 1 aromatic heterocycles. The number of nitrogens with zero attached hydrogens (tertiary/aromatic N) is 1. The van der Waals surface area contributed by atoms with Crippen LogP contribution in [0.4, 0.5) is 0 Å². The number of halogens is 1. The molecular formula is C20H28INO2. The van der Waals surface area contributed by atoms with E-state index in [0.29, 0.717) is 0 Å². The second-order valence-electron chi connectivity index (χ2n) is 6.39. The third-order valence-corrected chi connectivity index (χ3v) is 5.14. The van der Waals surface area contributed by atoms with Crippen molar-refractivity contribution in [3.05, 3.63) is 39.5 Å². The van der Waals surface area contributed by atoms with Crippen LogP contribution in [-0.2, 0) is 6.42 Å². The topological polar surface area (TPSA) is 45.4 Å². The molecule has 0 saturated carbocycles. The Bertz CT molecular complexity index is 619. The van der Waals surface area contributed by atoms with Crippen LogP contribution in [0, 0.1) is 3.57 Å². The zero-order chi connectivity index (χ0) is 17.4. The minimum absolute atomic E-state index is 0.100. The lowest BCUT2D eigenvalue weighted by Crippen LogP contribution is -1.93. The third kappa shape index (κ3) is 5.43. The van der Waals surface area contributed by atoms with Gasteiger partial charge in [0.25, 0.3) is 0 Å². The summed E-state index contributed by atoms with van der Waals surface area (Å²) in [6.45, 7) is 2.24. The highest BCUT2D eigenvalue weighted by Gasteiger charge is 2.14. The fraction of sp³-hybridized carbons (Fsp3) is 0.500. The molecule has 1 heterocycles. The maximum Gasteiger partial charge on any atom is 0.201 e. The SMILES string of the molecule is CCCCCCCCCCc1cc(O)n(-c2ccc(I)cc2)c1O. The summed E-state index contributed by atoms with van der Waals surface area (Å²) in [5.74, 6) is 0.264. The molecule has 0 aliphatic rings. The van der Waals surface area contributed by atoms with Crippen molar-refractivity contribution in [3.63, 3.8) is 0 Å². The van der Waals surface area contributed by atoms with Crippen LogP contribution in [0.2, 0.25) is 0 Å². The Labute approximate surface area is 158 Å². The van der Waals surface area contributed by atoms with E-state index < -0.39 is 0 Å². The summed E-state index contributed by atoms with van der Waals surface area (Å²) in [7, 11) is 0. The van der Waals surface area contributed by atoms with Crippen LogP contribution in [0.15, 0.2) is 30.3 Å². The zero-order valence-electron chi connectivity index (χ0n) is 14.5. The van der Waals surface area contributed by atoms with Crippen LogP contribution in [0.3, 0.4) is 0 Å². The van der Waals surface area contributed by atoms with Crippen molar-refractivity contribution in [2.45, 2.75) is 64.7 Å². The maximum absolute atomic E-state index is 10.4. The molecule has 1 aromatic carbocycles. The van der Waals surface area contributed by atoms with Gasteiger partial charge in [0.05, 0.1) is 5.69 Å². The van der Waals surface area contributed by atoms with Crippen LogP contribution in [0.5, 0.6) is 11.8 Å². The van der Waals surface area contributed by atoms with Crippen molar-refractivity contribution in [2.75, 3.05) is 0 Å². The lowest BCUT2D eigenvalue weighted by molar-refractivity contribution is 0.400. The number of aromatic nitrogens is 1. The van der Waals surface area contributed by atoms with Gasteiger partial charge >= 0.3 is 0 Å². The Morgan fingerprint density at radius 3 is 2.08 bits per heavy atom. The third-order valence-electron chi connectivity index (χ3n) is 4.42. The van der Waals surface area contributed by atoms with Crippen molar-refractivity contribution in [2.24, 2.45) is 0 Å². The normalized spacial score (nSPS) is 11.1. The smallest absolute Gasteiger partial charge is 0.201 e. The molecule has 2 rings (SSSR count). The monoisotopic (exact) mass is 441 g/mol. The van der Waals surface area contributed by atoms with Crippen LogP contribution in [0.1, 0.15) is 63.9 Å². The summed E-state index contributed by atoms with van der Waals surface area (Å²) in [5, 5.41) is 20.6. The number of aromatic hydroxyl groups is 2. The van der Waals surface area contributed by atoms with Gasteiger partial charge in [0.1, 0.15) is 0 Å². The first-order valence-corrected chi connectivity index (χ1v) is 10.1. The lowest BCUT2D eigenvalue weighted by atomic mass is 10.1. The first kappa shape index (κ1) is 19.2. The largest absolute Gasteiger partial charge is 0.494 e. The molecule has 0 saturated heterocycles.